The Morgan fingerprint density at radius 3 is 2.95 bits per heavy atom. The number of methoxy groups -OCH3 is 1. The number of benzene rings is 1. The van der Waals surface area contributed by atoms with E-state index in [0.29, 0.717) is 24.4 Å². The van der Waals surface area contributed by atoms with Crippen LogP contribution in [0.1, 0.15) is 17.7 Å². The van der Waals surface area contributed by atoms with E-state index < -0.39 is 0 Å². The number of nitrogens with two attached hydrogens (primary N) is 1. The molecule has 1 aromatic carbocycles. The first-order valence-electron chi connectivity index (χ1n) is 6.14. The number of rotatable bonds is 6. The first kappa shape index (κ1) is 13.5. The summed E-state index contributed by atoms with van der Waals surface area (Å²) in [5.41, 5.74) is 6.86. The van der Waals surface area contributed by atoms with Gasteiger partial charge in [0, 0.05) is 17.8 Å². The standard InChI is InChI=1S/C13H17FN4O/c1-19-12-5-4-10(13(14)7-12)8-18-9-11(16-17-18)3-2-6-15/h4-5,7,9H,2-3,6,8,15H2,1H3. The van der Waals surface area contributed by atoms with E-state index in [4.69, 9.17) is 10.5 Å². The van der Waals surface area contributed by atoms with E-state index in [1.54, 1.807) is 16.8 Å². The fourth-order valence-electron chi connectivity index (χ4n) is 1.77. The van der Waals surface area contributed by atoms with Gasteiger partial charge in [-0.3, -0.25) is 0 Å². The van der Waals surface area contributed by atoms with E-state index in [2.05, 4.69) is 10.3 Å². The van der Waals surface area contributed by atoms with Gasteiger partial charge in [0.2, 0.25) is 0 Å². The molecule has 0 saturated carbocycles. The highest BCUT2D eigenvalue weighted by molar-refractivity contribution is 5.28. The quantitative estimate of drug-likeness (QED) is 0.855. The number of ether oxygens (including phenoxy) is 1. The topological polar surface area (TPSA) is 66.0 Å². The molecule has 2 N–H and O–H groups in total. The lowest BCUT2D eigenvalue weighted by Gasteiger charge is -2.05. The smallest absolute Gasteiger partial charge is 0.131 e. The molecule has 19 heavy (non-hydrogen) atoms. The average molecular weight is 264 g/mol. The van der Waals surface area contributed by atoms with E-state index in [0.717, 1.165) is 18.5 Å². The fourth-order valence-corrected chi connectivity index (χ4v) is 1.77. The molecule has 0 atom stereocenters. The molecule has 0 bridgehead atoms. The molecule has 1 aromatic heterocycles. The van der Waals surface area contributed by atoms with Crippen LogP contribution in [0.2, 0.25) is 0 Å². The maximum atomic E-state index is 13.8. The van der Waals surface area contributed by atoms with Crippen molar-refractivity contribution in [3.63, 3.8) is 0 Å². The maximum absolute atomic E-state index is 13.8. The molecule has 0 aliphatic carbocycles. The summed E-state index contributed by atoms with van der Waals surface area (Å²) >= 11 is 0. The molecule has 1 heterocycles. The lowest BCUT2D eigenvalue weighted by atomic mass is 10.2. The van der Waals surface area contributed by atoms with Crippen LogP contribution in [-0.2, 0) is 13.0 Å². The van der Waals surface area contributed by atoms with Crippen LogP contribution in [0.15, 0.2) is 24.4 Å². The zero-order valence-electron chi connectivity index (χ0n) is 10.8. The molecular formula is C13H17FN4O. The third-order valence-electron chi connectivity index (χ3n) is 2.82. The Kier molecular flexibility index (Phi) is 4.46. The van der Waals surface area contributed by atoms with Crippen LogP contribution in [0.3, 0.4) is 0 Å². The number of halogens is 1. The minimum Gasteiger partial charge on any atom is -0.497 e. The maximum Gasteiger partial charge on any atom is 0.131 e. The van der Waals surface area contributed by atoms with Crippen molar-refractivity contribution in [2.75, 3.05) is 13.7 Å². The van der Waals surface area contributed by atoms with Crippen LogP contribution in [0.5, 0.6) is 5.75 Å². The van der Waals surface area contributed by atoms with Crippen LogP contribution < -0.4 is 10.5 Å². The summed E-state index contributed by atoms with van der Waals surface area (Å²) in [6.45, 7) is 0.978. The monoisotopic (exact) mass is 264 g/mol. The second-order valence-corrected chi connectivity index (χ2v) is 4.26. The lowest BCUT2D eigenvalue weighted by Crippen LogP contribution is -2.03. The van der Waals surface area contributed by atoms with E-state index in [1.165, 1.54) is 13.2 Å². The van der Waals surface area contributed by atoms with Gasteiger partial charge in [-0.2, -0.15) is 0 Å². The van der Waals surface area contributed by atoms with Crippen molar-refractivity contribution in [2.24, 2.45) is 5.73 Å². The van der Waals surface area contributed by atoms with Gasteiger partial charge >= 0.3 is 0 Å². The van der Waals surface area contributed by atoms with Gasteiger partial charge in [-0.25, -0.2) is 9.07 Å². The fraction of sp³-hybridized carbons (Fsp3) is 0.385. The van der Waals surface area contributed by atoms with Crippen molar-refractivity contribution in [3.8, 4) is 5.75 Å². The number of hydrogen-bond donors (Lipinski definition) is 1. The molecule has 0 saturated heterocycles. The first-order chi connectivity index (χ1) is 9.22. The van der Waals surface area contributed by atoms with Crippen molar-refractivity contribution >= 4 is 0 Å². The number of nitrogens with zero attached hydrogens (tertiary/aromatic N) is 3. The van der Waals surface area contributed by atoms with Crippen molar-refractivity contribution < 1.29 is 9.13 Å². The summed E-state index contributed by atoms with van der Waals surface area (Å²) in [4.78, 5) is 0. The molecule has 6 heteroatoms. The molecule has 2 aromatic rings. The largest absolute Gasteiger partial charge is 0.497 e. The zero-order valence-corrected chi connectivity index (χ0v) is 10.8. The van der Waals surface area contributed by atoms with Crippen molar-refractivity contribution in [1.82, 2.24) is 15.0 Å². The van der Waals surface area contributed by atoms with Gasteiger partial charge in [-0.15, -0.1) is 5.10 Å². The predicted octanol–water partition coefficient (Wildman–Crippen LogP) is 1.37. The number of aromatic nitrogens is 3. The van der Waals surface area contributed by atoms with E-state index in [-0.39, 0.29) is 5.82 Å². The third kappa shape index (κ3) is 3.51. The number of aryl methyl sites for hydroxylation is 1. The molecule has 2 rings (SSSR count). The molecule has 0 radical (unpaired) electrons. The Bertz CT molecular complexity index is 541. The summed E-state index contributed by atoms with van der Waals surface area (Å²) in [6, 6.07) is 4.78. The highest BCUT2D eigenvalue weighted by Crippen LogP contribution is 2.17. The van der Waals surface area contributed by atoms with E-state index >= 15 is 0 Å². The minimum atomic E-state index is -0.307. The molecular weight excluding hydrogens is 247 g/mol. The zero-order chi connectivity index (χ0) is 13.7. The van der Waals surface area contributed by atoms with Crippen molar-refractivity contribution in [2.45, 2.75) is 19.4 Å². The van der Waals surface area contributed by atoms with Crippen molar-refractivity contribution in [1.29, 1.82) is 0 Å². The van der Waals surface area contributed by atoms with Gasteiger partial charge in [0.15, 0.2) is 0 Å². The Balaban J connectivity index is 2.06. The van der Waals surface area contributed by atoms with Crippen LogP contribution >= 0.6 is 0 Å². The molecule has 5 nitrogen and oxygen atoms in total. The second-order valence-electron chi connectivity index (χ2n) is 4.26. The molecule has 0 spiro atoms. The number of hydrogen-bond acceptors (Lipinski definition) is 4. The average Bonchev–Trinajstić information content (AvgIpc) is 2.86. The highest BCUT2D eigenvalue weighted by atomic mass is 19.1. The van der Waals surface area contributed by atoms with Gasteiger partial charge in [-0.1, -0.05) is 11.3 Å². The van der Waals surface area contributed by atoms with Crippen LogP contribution in [-0.4, -0.2) is 28.6 Å². The Morgan fingerprint density at radius 2 is 2.26 bits per heavy atom. The van der Waals surface area contributed by atoms with E-state index in [9.17, 15) is 4.39 Å². The Labute approximate surface area is 111 Å². The summed E-state index contributed by atoms with van der Waals surface area (Å²) in [5.74, 6) is 0.196. The van der Waals surface area contributed by atoms with Gasteiger partial charge in [-0.05, 0) is 25.5 Å². The van der Waals surface area contributed by atoms with Gasteiger partial charge in [0.1, 0.15) is 11.6 Å². The highest BCUT2D eigenvalue weighted by Gasteiger charge is 2.07. The molecule has 0 fully saturated rings. The molecule has 0 aliphatic heterocycles. The Hall–Kier alpha value is -1.95. The third-order valence-corrected chi connectivity index (χ3v) is 2.82. The summed E-state index contributed by atoms with van der Waals surface area (Å²) in [5, 5.41) is 8.00. The minimum absolute atomic E-state index is 0.307. The van der Waals surface area contributed by atoms with Crippen LogP contribution in [0, 0.1) is 5.82 Å². The van der Waals surface area contributed by atoms with Gasteiger partial charge in [0.05, 0.1) is 19.3 Å². The SMILES string of the molecule is COc1ccc(Cn2cc(CCCN)nn2)c(F)c1. The van der Waals surface area contributed by atoms with Crippen LogP contribution in [0.4, 0.5) is 4.39 Å². The lowest BCUT2D eigenvalue weighted by molar-refractivity contribution is 0.410. The predicted molar refractivity (Wildman–Crippen MR) is 69.5 cm³/mol. The summed E-state index contributed by atoms with van der Waals surface area (Å²) in [6.07, 6.45) is 3.48. The van der Waals surface area contributed by atoms with Gasteiger partial charge in [0.25, 0.3) is 0 Å². The first-order valence-corrected chi connectivity index (χ1v) is 6.14. The normalized spacial score (nSPS) is 10.7. The molecule has 0 amide bonds. The van der Waals surface area contributed by atoms with Crippen LogP contribution in [0.25, 0.3) is 0 Å². The van der Waals surface area contributed by atoms with E-state index in [1.807, 2.05) is 6.20 Å². The molecule has 0 aliphatic rings. The molecule has 102 valence electrons. The summed E-state index contributed by atoms with van der Waals surface area (Å²) in [7, 11) is 1.51. The van der Waals surface area contributed by atoms with Crippen molar-refractivity contribution in [3.05, 3.63) is 41.5 Å². The van der Waals surface area contributed by atoms with Gasteiger partial charge < -0.3 is 10.5 Å². The second kappa shape index (κ2) is 6.29. The summed E-state index contributed by atoms with van der Waals surface area (Å²) < 4.78 is 20.4. The molecule has 0 unspecified atom stereocenters. The Morgan fingerprint density at radius 1 is 1.42 bits per heavy atom.